The Morgan fingerprint density at radius 2 is 1.74 bits per heavy atom. The van der Waals surface area contributed by atoms with E-state index in [1.165, 1.54) is 7.11 Å². The number of carbonyl (C=O) groups excluding carboxylic acids is 2. The highest BCUT2D eigenvalue weighted by Gasteiger charge is 2.38. The van der Waals surface area contributed by atoms with Crippen molar-refractivity contribution in [2.24, 2.45) is 0 Å². The molecule has 1 aromatic heterocycles. The Hall–Kier alpha value is -4.14. The Bertz CT molecular complexity index is 1490. The monoisotopic (exact) mass is 529 g/mol. The van der Waals surface area contributed by atoms with Gasteiger partial charge < -0.3 is 29.2 Å². The number of methoxy groups -OCH3 is 2. The van der Waals surface area contributed by atoms with E-state index in [-0.39, 0.29) is 37.2 Å². The van der Waals surface area contributed by atoms with Gasteiger partial charge >= 0.3 is 11.9 Å². The Kier molecular flexibility index (Phi) is 7.95. The van der Waals surface area contributed by atoms with E-state index in [4.69, 9.17) is 18.9 Å². The van der Waals surface area contributed by atoms with Crippen LogP contribution >= 0.6 is 0 Å². The summed E-state index contributed by atoms with van der Waals surface area (Å²) in [5, 5.41) is 3.18. The van der Waals surface area contributed by atoms with Crippen LogP contribution in [-0.4, -0.2) is 43.8 Å². The van der Waals surface area contributed by atoms with Gasteiger partial charge in [0.05, 0.1) is 45.3 Å². The maximum absolute atomic E-state index is 12.6. The minimum absolute atomic E-state index is 0.139. The predicted molar refractivity (Wildman–Crippen MR) is 145 cm³/mol. The van der Waals surface area contributed by atoms with Crippen LogP contribution in [0.1, 0.15) is 51.3 Å². The number of esters is 2. The van der Waals surface area contributed by atoms with Gasteiger partial charge in [0, 0.05) is 28.5 Å². The molecule has 0 unspecified atom stereocenters. The number of rotatable bonds is 9. The Morgan fingerprint density at radius 1 is 0.974 bits per heavy atom. The van der Waals surface area contributed by atoms with Crippen LogP contribution in [0.3, 0.4) is 0 Å². The molecule has 0 radical (unpaired) electrons. The molecule has 0 aliphatic carbocycles. The standard InChI is InChI=1S/C31H32N2O6/c1-4-39-30(34)22-10-6-5-9-20(22)17-38-18-21-15-19(13-14-27(21)36-2)28-29-24(16-26(33-28)31(35)37-3)23-11-7-8-12-25(23)32-29/h5-15,26,28,32-33H,4,16-18H2,1-3H3/p+1/t26-,28-/m1/s1. The maximum Gasteiger partial charge on any atom is 0.364 e. The first-order valence-corrected chi connectivity index (χ1v) is 13.1. The first kappa shape index (κ1) is 26.5. The molecule has 5 rings (SSSR count). The molecule has 0 saturated heterocycles. The fourth-order valence-electron chi connectivity index (χ4n) is 5.34. The van der Waals surface area contributed by atoms with Crippen LogP contribution in [0.15, 0.2) is 66.7 Å². The molecule has 202 valence electrons. The predicted octanol–water partition coefficient (Wildman–Crippen LogP) is 3.82. The fourth-order valence-corrected chi connectivity index (χ4v) is 5.34. The van der Waals surface area contributed by atoms with E-state index in [0.29, 0.717) is 24.3 Å². The molecule has 8 nitrogen and oxygen atoms in total. The lowest BCUT2D eigenvalue weighted by Crippen LogP contribution is -2.94. The third-order valence-electron chi connectivity index (χ3n) is 7.20. The van der Waals surface area contributed by atoms with E-state index < -0.39 is 0 Å². The third kappa shape index (κ3) is 5.39. The molecular formula is C31H33N2O6+. The van der Waals surface area contributed by atoms with Gasteiger partial charge in [0.1, 0.15) is 5.75 Å². The third-order valence-corrected chi connectivity index (χ3v) is 7.20. The normalized spacial score (nSPS) is 16.5. The molecule has 2 atom stereocenters. The van der Waals surface area contributed by atoms with Crippen molar-refractivity contribution in [3.63, 3.8) is 0 Å². The van der Waals surface area contributed by atoms with Crippen molar-refractivity contribution in [1.29, 1.82) is 0 Å². The lowest BCUT2D eigenvalue weighted by molar-refractivity contribution is -0.712. The average molecular weight is 530 g/mol. The number of nitrogens with one attached hydrogen (secondary N) is 1. The molecule has 0 bridgehead atoms. The average Bonchev–Trinajstić information content (AvgIpc) is 3.35. The lowest BCUT2D eigenvalue weighted by Gasteiger charge is -2.27. The van der Waals surface area contributed by atoms with E-state index >= 15 is 0 Å². The van der Waals surface area contributed by atoms with Gasteiger partial charge in [-0.05, 0) is 48.4 Å². The molecule has 4 aromatic rings. The Labute approximate surface area is 227 Å². The molecule has 0 fully saturated rings. The second-order valence-corrected chi connectivity index (χ2v) is 9.51. The number of hydrogen-bond acceptors (Lipinski definition) is 6. The molecule has 3 N–H and O–H groups in total. The molecule has 1 aliphatic heterocycles. The number of hydrogen-bond donors (Lipinski definition) is 2. The van der Waals surface area contributed by atoms with Gasteiger partial charge in [0.25, 0.3) is 0 Å². The summed E-state index contributed by atoms with van der Waals surface area (Å²) in [6.45, 7) is 2.62. The van der Waals surface area contributed by atoms with Gasteiger partial charge in [0.2, 0.25) is 0 Å². The lowest BCUT2D eigenvalue weighted by atomic mass is 9.89. The molecule has 39 heavy (non-hydrogen) atoms. The summed E-state index contributed by atoms with van der Waals surface area (Å²) >= 11 is 0. The highest BCUT2D eigenvalue weighted by molar-refractivity contribution is 5.91. The van der Waals surface area contributed by atoms with E-state index in [2.05, 4.69) is 28.5 Å². The SMILES string of the molecule is CCOC(=O)c1ccccc1COCc1cc([C@H]2[NH2+][C@@H](C(=O)OC)Cc3c2[nH]c2ccccc32)ccc1OC. The van der Waals surface area contributed by atoms with Crippen molar-refractivity contribution in [2.45, 2.75) is 38.6 Å². The van der Waals surface area contributed by atoms with Gasteiger partial charge in [-0.1, -0.05) is 36.4 Å². The molecule has 1 aliphatic rings. The van der Waals surface area contributed by atoms with Crippen LogP contribution in [0.25, 0.3) is 10.9 Å². The van der Waals surface area contributed by atoms with Crippen molar-refractivity contribution >= 4 is 22.8 Å². The minimum Gasteiger partial charge on any atom is -0.496 e. The smallest absolute Gasteiger partial charge is 0.364 e. The van der Waals surface area contributed by atoms with Crippen molar-refractivity contribution in [2.75, 3.05) is 20.8 Å². The van der Waals surface area contributed by atoms with Gasteiger partial charge in [-0.3, -0.25) is 0 Å². The number of para-hydroxylation sites is 1. The minimum atomic E-state index is -0.363. The van der Waals surface area contributed by atoms with E-state index in [0.717, 1.165) is 38.9 Å². The number of quaternary nitrogens is 1. The quantitative estimate of drug-likeness (QED) is 0.320. The highest BCUT2D eigenvalue weighted by atomic mass is 16.5. The van der Waals surface area contributed by atoms with Crippen LogP contribution in [0.5, 0.6) is 5.75 Å². The largest absolute Gasteiger partial charge is 0.496 e. The fraction of sp³-hybridized carbons (Fsp3) is 0.290. The topological polar surface area (TPSA) is 103 Å². The summed E-state index contributed by atoms with van der Waals surface area (Å²) in [6, 6.07) is 21.0. The van der Waals surface area contributed by atoms with Crippen LogP contribution in [0.4, 0.5) is 0 Å². The van der Waals surface area contributed by atoms with Gasteiger partial charge in [-0.15, -0.1) is 0 Å². The number of aromatic amines is 1. The van der Waals surface area contributed by atoms with Crippen molar-refractivity contribution < 1.29 is 33.9 Å². The van der Waals surface area contributed by atoms with Crippen LogP contribution in [0.2, 0.25) is 0 Å². The summed E-state index contributed by atoms with van der Waals surface area (Å²) in [7, 11) is 3.06. The molecule has 2 heterocycles. The number of fused-ring (bicyclic) bond motifs is 3. The number of H-pyrrole nitrogens is 1. The molecule has 3 aromatic carbocycles. The first-order valence-electron chi connectivity index (χ1n) is 13.1. The number of benzene rings is 3. The number of aromatic nitrogens is 1. The Balaban J connectivity index is 1.43. The van der Waals surface area contributed by atoms with Crippen molar-refractivity contribution in [1.82, 2.24) is 4.98 Å². The summed E-state index contributed by atoms with van der Waals surface area (Å²) in [5.74, 6) is 0.0984. The molecule has 8 heteroatoms. The zero-order chi connectivity index (χ0) is 27.4. The number of carbonyl (C=O) groups is 2. The first-order chi connectivity index (χ1) is 19.0. The van der Waals surface area contributed by atoms with Crippen LogP contribution in [-0.2, 0) is 38.6 Å². The molecule has 0 saturated carbocycles. The Morgan fingerprint density at radius 3 is 2.54 bits per heavy atom. The zero-order valence-corrected chi connectivity index (χ0v) is 22.4. The molecular weight excluding hydrogens is 496 g/mol. The summed E-state index contributed by atoms with van der Waals surface area (Å²) in [4.78, 5) is 28.6. The van der Waals surface area contributed by atoms with E-state index in [1.807, 2.05) is 42.5 Å². The van der Waals surface area contributed by atoms with Gasteiger partial charge in [-0.25, -0.2) is 9.59 Å². The number of nitrogens with two attached hydrogens (primary N) is 1. The van der Waals surface area contributed by atoms with Gasteiger partial charge in [0.15, 0.2) is 12.1 Å². The van der Waals surface area contributed by atoms with E-state index in [9.17, 15) is 9.59 Å². The van der Waals surface area contributed by atoms with Crippen molar-refractivity contribution in [3.8, 4) is 5.75 Å². The number of ether oxygens (including phenoxy) is 4. The highest BCUT2D eigenvalue weighted by Crippen LogP contribution is 2.34. The van der Waals surface area contributed by atoms with Crippen molar-refractivity contribution in [3.05, 3.63) is 100 Å². The van der Waals surface area contributed by atoms with Gasteiger partial charge in [-0.2, -0.15) is 0 Å². The summed E-state index contributed by atoms with van der Waals surface area (Å²) in [5.41, 5.74) is 6.41. The molecule has 0 amide bonds. The summed E-state index contributed by atoms with van der Waals surface area (Å²) < 4.78 is 22.0. The second-order valence-electron chi connectivity index (χ2n) is 9.51. The van der Waals surface area contributed by atoms with Crippen LogP contribution < -0.4 is 10.1 Å². The maximum atomic E-state index is 12.6. The van der Waals surface area contributed by atoms with Crippen LogP contribution in [0, 0.1) is 0 Å². The molecule has 0 spiro atoms. The summed E-state index contributed by atoms with van der Waals surface area (Å²) in [6.07, 6.45) is 0.592. The van der Waals surface area contributed by atoms with E-state index in [1.54, 1.807) is 20.1 Å². The second kappa shape index (κ2) is 11.7. The zero-order valence-electron chi connectivity index (χ0n) is 22.4.